The Morgan fingerprint density at radius 3 is 2.17 bits per heavy atom. The Hall–Kier alpha value is -5.21. The number of primary amides is 1. The van der Waals surface area contributed by atoms with Gasteiger partial charge in [-0.05, 0) is 82.8 Å². The predicted octanol–water partition coefficient (Wildman–Crippen LogP) is 2.11. The molecule has 1 aliphatic carbocycles. The Morgan fingerprint density at radius 2 is 1.50 bits per heavy atom. The van der Waals surface area contributed by atoms with Crippen molar-refractivity contribution in [2.45, 2.75) is 69.1 Å². The van der Waals surface area contributed by atoms with E-state index >= 15 is 0 Å². The number of amides is 4. The molecular weight excluding hydrogens is 790 g/mol. The third-order valence-corrected chi connectivity index (χ3v) is 11.9. The molecule has 5 rings (SSSR count). The number of nitrogens with one attached hydrogen (secondary N) is 3. The molecule has 0 spiro atoms. The van der Waals surface area contributed by atoms with Crippen LogP contribution in [0, 0.1) is 5.92 Å². The van der Waals surface area contributed by atoms with Gasteiger partial charge < -0.3 is 46.4 Å². The third-order valence-electron chi connectivity index (χ3n) is 10.2. The number of aryl methyl sites for hydroxylation is 2. The van der Waals surface area contributed by atoms with Gasteiger partial charge in [0.05, 0.1) is 30.2 Å². The molecule has 4 aromatic rings. The summed E-state index contributed by atoms with van der Waals surface area (Å²) in [6.45, 7) is 0.196. The molecule has 58 heavy (non-hydrogen) atoms. The summed E-state index contributed by atoms with van der Waals surface area (Å²) in [7, 11) is -8.99. The number of carboxylic acid groups (broad SMARTS) is 1. The highest BCUT2D eigenvalue weighted by Gasteiger charge is 2.45. The first kappa shape index (κ1) is 43.9. The molecule has 0 saturated heterocycles. The fourth-order valence-corrected chi connectivity index (χ4v) is 8.54. The Bertz CT molecular complexity index is 2290. The quantitative estimate of drug-likeness (QED) is 0.0515. The fourth-order valence-electron chi connectivity index (χ4n) is 7.26. The topological polar surface area (TPSA) is 283 Å². The van der Waals surface area contributed by atoms with Crippen LogP contribution in [0.25, 0.3) is 10.8 Å². The Labute approximate surface area is 333 Å². The predicted molar refractivity (Wildman–Crippen MR) is 214 cm³/mol. The summed E-state index contributed by atoms with van der Waals surface area (Å²) in [5.41, 5.74) is 6.53. The molecule has 0 saturated carbocycles. The SMILES string of the molecule is NC(=O)C[C@H](NC(=O)[C@]1(NC(=O)[C@@H](CC(=O)O)Cc2ccc(CP(=O)(O)O)cc2)CCc2cc(P(=O)(O)O)ccc2C1)C(=O)NCCCc1cccc2ccccc12. The minimum Gasteiger partial charge on any atom is -0.481 e. The van der Waals surface area contributed by atoms with Gasteiger partial charge in [0.25, 0.3) is 0 Å². The van der Waals surface area contributed by atoms with Crippen LogP contribution in [0.3, 0.4) is 0 Å². The van der Waals surface area contributed by atoms with E-state index in [9.17, 15) is 57.8 Å². The van der Waals surface area contributed by atoms with E-state index in [-0.39, 0.29) is 37.5 Å². The first-order valence-electron chi connectivity index (χ1n) is 18.5. The van der Waals surface area contributed by atoms with E-state index in [2.05, 4.69) is 16.0 Å². The van der Waals surface area contributed by atoms with Crippen LogP contribution in [0.4, 0.5) is 0 Å². The third kappa shape index (κ3) is 11.9. The van der Waals surface area contributed by atoms with Gasteiger partial charge in [-0.3, -0.25) is 33.1 Å². The molecule has 18 heteroatoms. The lowest BCUT2D eigenvalue weighted by Crippen LogP contribution is -2.65. The maximum Gasteiger partial charge on any atom is 0.356 e. The lowest BCUT2D eigenvalue weighted by atomic mass is 9.76. The molecule has 0 heterocycles. The van der Waals surface area contributed by atoms with Crippen LogP contribution in [-0.4, -0.2) is 72.4 Å². The van der Waals surface area contributed by atoms with Crippen LogP contribution in [0.1, 0.15) is 53.5 Å². The van der Waals surface area contributed by atoms with E-state index < -0.39 is 81.3 Å². The van der Waals surface area contributed by atoms with Crippen LogP contribution in [0.15, 0.2) is 84.9 Å². The number of aliphatic carboxylic acids is 1. The molecular formula is C40H46N4O12P2. The number of hydrogen-bond acceptors (Lipinski definition) is 7. The van der Waals surface area contributed by atoms with Crippen molar-refractivity contribution >= 4 is 60.9 Å². The van der Waals surface area contributed by atoms with E-state index in [1.165, 1.54) is 42.5 Å². The van der Waals surface area contributed by atoms with Crippen molar-refractivity contribution in [3.8, 4) is 0 Å². The molecule has 0 bridgehead atoms. The van der Waals surface area contributed by atoms with Gasteiger partial charge in [0.15, 0.2) is 0 Å². The number of rotatable bonds is 18. The van der Waals surface area contributed by atoms with E-state index in [4.69, 9.17) is 5.73 Å². The average molecular weight is 837 g/mol. The highest BCUT2D eigenvalue weighted by Crippen LogP contribution is 2.39. The summed E-state index contributed by atoms with van der Waals surface area (Å²) in [6.07, 6.45) is -1.01. The number of hydrogen-bond donors (Lipinski definition) is 9. The van der Waals surface area contributed by atoms with Crippen LogP contribution < -0.4 is 27.0 Å². The second-order valence-corrected chi connectivity index (χ2v) is 17.9. The molecule has 4 aromatic carbocycles. The zero-order chi connectivity index (χ0) is 42.3. The molecule has 0 aromatic heterocycles. The van der Waals surface area contributed by atoms with Crippen LogP contribution in [0.5, 0.6) is 0 Å². The van der Waals surface area contributed by atoms with E-state index in [1.54, 1.807) is 0 Å². The van der Waals surface area contributed by atoms with Crippen molar-refractivity contribution in [3.63, 3.8) is 0 Å². The zero-order valence-electron chi connectivity index (χ0n) is 31.4. The number of benzene rings is 4. The Balaban J connectivity index is 1.37. The van der Waals surface area contributed by atoms with Gasteiger partial charge in [0.1, 0.15) is 11.6 Å². The lowest BCUT2D eigenvalue weighted by Gasteiger charge is -2.39. The van der Waals surface area contributed by atoms with E-state index in [0.717, 1.165) is 16.3 Å². The van der Waals surface area contributed by atoms with Crippen molar-refractivity contribution in [1.29, 1.82) is 0 Å². The molecule has 4 amide bonds. The standard InChI is InChI=1S/C40H46N4O12P2/c41-35(45)22-34(38(49)42-18-4-8-28-7-3-6-27-5-1-2-9-33(27)28)43-39(50)40(17-16-29-20-32(58(54,55)56)15-14-30(29)23-40)44-37(48)31(21-36(46)47)19-25-10-12-26(13-11-25)24-57(51,52)53/h1-3,5-7,9-15,20,31,34H,4,8,16-19,21-24H2,(H2,41,45)(H,42,49)(H,43,50)(H,44,48)(H,46,47)(H2,51,52,53)(H2,54,55,56)/t31-,34+,40+/m1/s1. The van der Waals surface area contributed by atoms with Gasteiger partial charge in [0, 0.05) is 13.0 Å². The fraction of sp³-hybridized carbons (Fsp3) is 0.325. The molecule has 0 fully saturated rings. The van der Waals surface area contributed by atoms with E-state index in [1.807, 2.05) is 42.5 Å². The number of carbonyl (C=O) groups is 5. The molecule has 10 N–H and O–H groups in total. The lowest BCUT2D eigenvalue weighted by molar-refractivity contribution is -0.143. The number of carbonyl (C=O) groups excluding carboxylic acids is 4. The second-order valence-electron chi connectivity index (χ2n) is 14.6. The van der Waals surface area contributed by atoms with Gasteiger partial charge in [-0.25, -0.2) is 0 Å². The summed E-state index contributed by atoms with van der Waals surface area (Å²) in [4.78, 5) is 104. The summed E-state index contributed by atoms with van der Waals surface area (Å²) >= 11 is 0. The van der Waals surface area contributed by atoms with Crippen molar-refractivity contribution in [2.75, 3.05) is 6.54 Å². The van der Waals surface area contributed by atoms with Crippen molar-refractivity contribution < 1.29 is 57.8 Å². The smallest absolute Gasteiger partial charge is 0.356 e. The summed E-state index contributed by atoms with van der Waals surface area (Å²) in [5.74, 6) is -5.81. The van der Waals surface area contributed by atoms with Gasteiger partial charge in [-0.1, -0.05) is 72.8 Å². The van der Waals surface area contributed by atoms with Crippen molar-refractivity contribution in [2.24, 2.45) is 11.7 Å². The van der Waals surface area contributed by atoms with Crippen molar-refractivity contribution in [1.82, 2.24) is 16.0 Å². The zero-order valence-corrected chi connectivity index (χ0v) is 33.2. The minimum absolute atomic E-state index is 0.0440. The molecule has 0 aliphatic heterocycles. The molecule has 1 aliphatic rings. The number of nitrogens with two attached hydrogens (primary N) is 1. The Morgan fingerprint density at radius 1 is 0.810 bits per heavy atom. The van der Waals surface area contributed by atoms with Gasteiger partial charge in [-0.15, -0.1) is 0 Å². The maximum atomic E-state index is 14.4. The normalized spacial score (nSPS) is 16.4. The molecule has 0 unspecified atom stereocenters. The van der Waals surface area contributed by atoms with E-state index in [0.29, 0.717) is 35.1 Å². The number of fused-ring (bicyclic) bond motifs is 2. The highest BCUT2D eigenvalue weighted by atomic mass is 31.2. The van der Waals surface area contributed by atoms with Crippen LogP contribution >= 0.6 is 15.2 Å². The second kappa shape index (κ2) is 18.6. The first-order valence-corrected chi connectivity index (χ1v) is 21.9. The number of carboxylic acids is 1. The first-order chi connectivity index (χ1) is 27.3. The largest absolute Gasteiger partial charge is 0.481 e. The average Bonchev–Trinajstić information content (AvgIpc) is 3.15. The summed E-state index contributed by atoms with van der Waals surface area (Å²) in [5, 5.41) is 19.8. The van der Waals surface area contributed by atoms with Crippen LogP contribution in [0.2, 0.25) is 0 Å². The molecule has 0 radical (unpaired) electrons. The maximum absolute atomic E-state index is 14.4. The molecule has 3 atom stereocenters. The van der Waals surface area contributed by atoms with Gasteiger partial charge in [0.2, 0.25) is 23.6 Å². The van der Waals surface area contributed by atoms with Gasteiger partial charge in [-0.2, -0.15) is 0 Å². The summed E-state index contributed by atoms with van der Waals surface area (Å²) in [6, 6.07) is 22.3. The minimum atomic E-state index is -4.63. The summed E-state index contributed by atoms with van der Waals surface area (Å²) < 4.78 is 23.4. The molecule has 308 valence electrons. The Kier molecular flexibility index (Phi) is 14.1. The monoisotopic (exact) mass is 836 g/mol. The highest BCUT2D eigenvalue weighted by molar-refractivity contribution is 7.60. The van der Waals surface area contributed by atoms with Crippen LogP contribution in [-0.2, 0) is 64.9 Å². The molecule has 16 nitrogen and oxygen atoms in total. The van der Waals surface area contributed by atoms with Crippen molar-refractivity contribution in [3.05, 3.63) is 113 Å². The van der Waals surface area contributed by atoms with Gasteiger partial charge >= 0.3 is 21.2 Å².